The van der Waals surface area contributed by atoms with Crippen LogP contribution in [0.2, 0.25) is 0 Å². The van der Waals surface area contributed by atoms with Crippen LogP contribution >= 0.6 is 0 Å². The summed E-state index contributed by atoms with van der Waals surface area (Å²) in [6, 6.07) is 9.37. The SMILES string of the molecule is COc1cc(CNC(=O)c2cc(F)ccc2OC)ccc1B1OC(C)(C)C(C)(C)O1. The van der Waals surface area contributed by atoms with E-state index in [1.807, 2.05) is 45.9 Å². The van der Waals surface area contributed by atoms with Gasteiger partial charge in [0, 0.05) is 12.0 Å². The molecule has 160 valence electrons. The van der Waals surface area contributed by atoms with Crippen LogP contribution in [0.1, 0.15) is 43.6 Å². The summed E-state index contributed by atoms with van der Waals surface area (Å²) < 4.78 is 36.4. The van der Waals surface area contributed by atoms with E-state index in [-0.39, 0.29) is 12.1 Å². The van der Waals surface area contributed by atoms with E-state index in [1.165, 1.54) is 19.2 Å². The molecule has 0 aliphatic carbocycles. The Balaban J connectivity index is 1.75. The van der Waals surface area contributed by atoms with Crippen molar-refractivity contribution in [2.75, 3.05) is 14.2 Å². The van der Waals surface area contributed by atoms with Crippen LogP contribution in [-0.2, 0) is 15.9 Å². The molecule has 3 rings (SSSR count). The molecule has 0 aromatic heterocycles. The number of carbonyl (C=O) groups excluding carboxylic acids is 1. The molecule has 1 amide bonds. The van der Waals surface area contributed by atoms with Crippen molar-refractivity contribution in [3.05, 3.63) is 53.3 Å². The summed E-state index contributed by atoms with van der Waals surface area (Å²) >= 11 is 0. The zero-order valence-electron chi connectivity index (χ0n) is 18.2. The fourth-order valence-electron chi connectivity index (χ4n) is 3.17. The maximum Gasteiger partial charge on any atom is 0.498 e. The van der Waals surface area contributed by atoms with Crippen molar-refractivity contribution in [2.45, 2.75) is 45.4 Å². The standard InChI is InChI=1S/C22H27BFNO5/c1-21(2)22(3,4)30-23(29-21)17-9-7-14(11-19(17)28-6)13-25-20(26)16-12-15(24)8-10-18(16)27-5/h7-12H,13H2,1-6H3,(H,25,26). The largest absolute Gasteiger partial charge is 0.498 e. The first-order chi connectivity index (χ1) is 14.1. The van der Waals surface area contributed by atoms with E-state index in [9.17, 15) is 9.18 Å². The van der Waals surface area contributed by atoms with Crippen molar-refractivity contribution >= 4 is 18.5 Å². The first-order valence-electron chi connectivity index (χ1n) is 9.72. The first-order valence-corrected chi connectivity index (χ1v) is 9.72. The van der Waals surface area contributed by atoms with Crippen LogP contribution in [0.25, 0.3) is 0 Å². The van der Waals surface area contributed by atoms with Crippen LogP contribution in [0, 0.1) is 5.82 Å². The van der Waals surface area contributed by atoms with E-state index in [2.05, 4.69) is 5.32 Å². The van der Waals surface area contributed by atoms with E-state index < -0.39 is 30.0 Å². The third-order valence-corrected chi connectivity index (χ3v) is 5.66. The highest BCUT2D eigenvalue weighted by atomic mass is 19.1. The topological polar surface area (TPSA) is 66.0 Å². The molecule has 6 nitrogen and oxygen atoms in total. The first kappa shape index (κ1) is 22.1. The number of benzene rings is 2. The van der Waals surface area contributed by atoms with E-state index in [1.54, 1.807) is 7.11 Å². The molecule has 1 fully saturated rings. The molecule has 1 heterocycles. The zero-order chi connectivity index (χ0) is 22.1. The molecule has 1 aliphatic rings. The minimum Gasteiger partial charge on any atom is -0.497 e. The van der Waals surface area contributed by atoms with Crippen LogP contribution in [0.4, 0.5) is 4.39 Å². The van der Waals surface area contributed by atoms with Gasteiger partial charge in [-0.15, -0.1) is 0 Å². The number of hydrogen-bond donors (Lipinski definition) is 1. The van der Waals surface area contributed by atoms with Gasteiger partial charge in [0.2, 0.25) is 0 Å². The second-order valence-corrected chi connectivity index (χ2v) is 8.19. The smallest absolute Gasteiger partial charge is 0.497 e. The van der Waals surface area contributed by atoms with Gasteiger partial charge in [0.15, 0.2) is 0 Å². The second-order valence-electron chi connectivity index (χ2n) is 8.19. The molecular weight excluding hydrogens is 388 g/mol. The Morgan fingerprint density at radius 1 is 1.00 bits per heavy atom. The lowest BCUT2D eigenvalue weighted by molar-refractivity contribution is 0.00578. The summed E-state index contributed by atoms with van der Waals surface area (Å²) in [7, 11) is 2.46. The van der Waals surface area contributed by atoms with Gasteiger partial charge in [-0.25, -0.2) is 4.39 Å². The highest BCUT2D eigenvalue weighted by Gasteiger charge is 2.52. The predicted octanol–water partition coefficient (Wildman–Crippen LogP) is 3.07. The fraction of sp³-hybridized carbons (Fsp3) is 0.409. The Morgan fingerprint density at radius 3 is 2.23 bits per heavy atom. The van der Waals surface area contributed by atoms with Gasteiger partial charge in [-0.05, 0) is 57.5 Å². The van der Waals surface area contributed by atoms with Gasteiger partial charge < -0.3 is 24.1 Å². The summed E-state index contributed by atoms with van der Waals surface area (Å²) in [6.45, 7) is 8.20. The number of ether oxygens (including phenoxy) is 2. The lowest BCUT2D eigenvalue weighted by Crippen LogP contribution is -2.41. The number of hydrogen-bond acceptors (Lipinski definition) is 5. The molecular formula is C22H27BFNO5. The Kier molecular flexibility index (Phi) is 6.10. The van der Waals surface area contributed by atoms with Gasteiger partial charge in [0.05, 0.1) is 31.0 Å². The average molecular weight is 415 g/mol. The molecule has 0 bridgehead atoms. The van der Waals surface area contributed by atoms with Crippen molar-refractivity contribution in [2.24, 2.45) is 0 Å². The number of carbonyl (C=O) groups is 1. The van der Waals surface area contributed by atoms with Crippen molar-refractivity contribution < 1.29 is 28.0 Å². The third-order valence-electron chi connectivity index (χ3n) is 5.66. The fourth-order valence-corrected chi connectivity index (χ4v) is 3.17. The van der Waals surface area contributed by atoms with Crippen molar-refractivity contribution in [3.63, 3.8) is 0 Å². The van der Waals surface area contributed by atoms with Crippen LogP contribution in [0.5, 0.6) is 11.5 Å². The number of amides is 1. The van der Waals surface area contributed by atoms with Gasteiger partial charge in [-0.3, -0.25) is 4.79 Å². The second kappa shape index (κ2) is 8.28. The molecule has 0 saturated carbocycles. The van der Waals surface area contributed by atoms with Gasteiger partial charge in [-0.1, -0.05) is 12.1 Å². The summed E-state index contributed by atoms with van der Waals surface area (Å²) in [5.41, 5.74) is 0.811. The number of rotatable bonds is 6. The normalized spacial score (nSPS) is 17.0. The van der Waals surface area contributed by atoms with Crippen molar-refractivity contribution in [1.29, 1.82) is 0 Å². The Morgan fingerprint density at radius 2 is 1.63 bits per heavy atom. The lowest BCUT2D eigenvalue weighted by atomic mass is 9.78. The van der Waals surface area contributed by atoms with Gasteiger partial charge >= 0.3 is 7.12 Å². The molecule has 0 radical (unpaired) electrons. The molecule has 1 saturated heterocycles. The molecule has 0 unspecified atom stereocenters. The highest BCUT2D eigenvalue weighted by molar-refractivity contribution is 6.63. The lowest BCUT2D eigenvalue weighted by Gasteiger charge is -2.32. The molecule has 0 atom stereocenters. The molecule has 1 N–H and O–H groups in total. The number of methoxy groups -OCH3 is 2. The Hall–Kier alpha value is -2.58. The molecule has 1 aliphatic heterocycles. The average Bonchev–Trinajstić information content (AvgIpc) is 2.92. The van der Waals surface area contributed by atoms with E-state index in [0.717, 1.165) is 17.1 Å². The molecule has 8 heteroatoms. The monoisotopic (exact) mass is 415 g/mol. The maximum absolute atomic E-state index is 13.5. The number of nitrogens with one attached hydrogen (secondary N) is 1. The van der Waals surface area contributed by atoms with E-state index >= 15 is 0 Å². The summed E-state index contributed by atoms with van der Waals surface area (Å²) in [5, 5.41) is 2.78. The summed E-state index contributed by atoms with van der Waals surface area (Å²) in [4.78, 5) is 12.5. The zero-order valence-corrected chi connectivity index (χ0v) is 18.2. The Bertz CT molecular complexity index is 931. The minimum atomic E-state index is -0.551. The maximum atomic E-state index is 13.5. The predicted molar refractivity (Wildman–Crippen MR) is 113 cm³/mol. The van der Waals surface area contributed by atoms with Crippen LogP contribution in [0.15, 0.2) is 36.4 Å². The summed E-state index contributed by atoms with van der Waals surface area (Å²) in [5.74, 6) is -0.0269. The molecule has 30 heavy (non-hydrogen) atoms. The summed E-state index contributed by atoms with van der Waals surface area (Å²) in [6.07, 6.45) is 0. The third kappa shape index (κ3) is 4.30. The molecule has 2 aromatic rings. The van der Waals surface area contributed by atoms with E-state index in [4.69, 9.17) is 18.8 Å². The Labute approximate surface area is 176 Å². The van der Waals surface area contributed by atoms with Crippen molar-refractivity contribution in [1.82, 2.24) is 5.32 Å². The van der Waals surface area contributed by atoms with E-state index in [0.29, 0.717) is 11.5 Å². The van der Waals surface area contributed by atoms with Crippen LogP contribution in [0.3, 0.4) is 0 Å². The van der Waals surface area contributed by atoms with Gasteiger partial charge in [-0.2, -0.15) is 0 Å². The van der Waals surface area contributed by atoms with Gasteiger partial charge in [0.25, 0.3) is 5.91 Å². The minimum absolute atomic E-state index is 0.137. The van der Waals surface area contributed by atoms with Crippen LogP contribution in [-0.4, -0.2) is 38.4 Å². The van der Waals surface area contributed by atoms with Crippen molar-refractivity contribution in [3.8, 4) is 11.5 Å². The highest BCUT2D eigenvalue weighted by Crippen LogP contribution is 2.37. The molecule has 2 aromatic carbocycles. The molecule has 0 spiro atoms. The van der Waals surface area contributed by atoms with Gasteiger partial charge in [0.1, 0.15) is 17.3 Å². The quantitative estimate of drug-likeness (QED) is 0.735. The number of halogens is 1. The van der Waals surface area contributed by atoms with Crippen LogP contribution < -0.4 is 20.3 Å².